The number of aliphatic hydroxyl groups is 3. The minimum atomic E-state index is -1.41. The van der Waals surface area contributed by atoms with Crippen molar-refractivity contribution in [2.45, 2.75) is 69.3 Å². The molecule has 2 aromatic carbocycles. The van der Waals surface area contributed by atoms with Crippen molar-refractivity contribution < 1.29 is 53.6 Å². The zero-order valence-electron chi connectivity index (χ0n) is 21.9. The standard InChI is InChI=1S/C28H32O12/c1-13-17(29)4-6-25(37-13)36-12-16-9-21(33)27(34)28(39-16)38-15-8-19(31)26-20(32)11-23(40-24(26)10-15)14-3-5-22(35-2)18(30)7-14/h3,5,7-8,10-11,13,16-17,21,25,27-31,33-34H,4,6,9,12H2,1-2H3/t13-,16-,17+,21-,25+,27+,28+/m0/s1. The normalized spacial score (nSPS) is 28.9. The summed E-state index contributed by atoms with van der Waals surface area (Å²) in [6, 6.07) is 8.22. The van der Waals surface area contributed by atoms with Gasteiger partial charge in [-0.1, -0.05) is 0 Å². The molecule has 5 rings (SSSR count). The topological polar surface area (TPSA) is 178 Å². The van der Waals surface area contributed by atoms with Gasteiger partial charge in [-0.2, -0.15) is 0 Å². The van der Waals surface area contributed by atoms with E-state index in [1.165, 1.54) is 37.4 Å². The van der Waals surface area contributed by atoms with Crippen LogP contribution >= 0.6 is 0 Å². The SMILES string of the molecule is COc1ccc(-c2cc(=O)c3c(O)cc(O[C@@H]4O[C@H](CO[C@H]5CC[C@@H](O)[C@H](C)O5)C[C@H](O)[C@H]4O)cc3o2)cc1O. The number of methoxy groups -OCH3 is 1. The summed E-state index contributed by atoms with van der Waals surface area (Å²) in [5.74, 6) is -0.177. The van der Waals surface area contributed by atoms with Gasteiger partial charge in [-0.05, 0) is 31.5 Å². The maximum atomic E-state index is 12.8. The molecule has 0 unspecified atom stereocenters. The molecule has 1 aromatic heterocycles. The summed E-state index contributed by atoms with van der Waals surface area (Å²) in [5, 5.41) is 51.4. The lowest BCUT2D eigenvalue weighted by molar-refractivity contribution is -0.267. The fourth-order valence-corrected chi connectivity index (χ4v) is 4.83. The van der Waals surface area contributed by atoms with E-state index in [9.17, 15) is 30.3 Å². The first-order valence-electron chi connectivity index (χ1n) is 12.9. The Morgan fingerprint density at radius 3 is 2.50 bits per heavy atom. The van der Waals surface area contributed by atoms with E-state index in [1.807, 2.05) is 0 Å². The van der Waals surface area contributed by atoms with Gasteiger partial charge in [0.25, 0.3) is 0 Å². The average Bonchev–Trinajstić information content (AvgIpc) is 2.91. The van der Waals surface area contributed by atoms with Gasteiger partial charge in [0, 0.05) is 36.6 Å². The van der Waals surface area contributed by atoms with E-state index in [-0.39, 0.29) is 53.1 Å². The number of fused-ring (bicyclic) bond motifs is 1. The van der Waals surface area contributed by atoms with Crippen LogP contribution in [0.2, 0.25) is 0 Å². The number of rotatable bonds is 7. The minimum Gasteiger partial charge on any atom is -0.507 e. The van der Waals surface area contributed by atoms with Crippen molar-refractivity contribution >= 4 is 11.0 Å². The second kappa shape index (κ2) is 11.6. The number of aliphatic hydroxyl groups excluding tert-OH is 3. The zero-order chi connectivity index (χ0) is 28.6. The van der Waals surface area contributed by atoms with E-state index in [4.69, 9.17) is 28.1 Å². The molecule has 0 aliphatic carbocycles. The minimum absolute atomic E-state index is 0.00991. The molecule has 40 heavy (non-hydrogen) atoms. The highest BCUT2D eigenvalue weighted by atomic mass is 16.7. The molecule has 2 fully saturated rings. The van der Waals surface area contributed by atoms with Gasteiger partial charge in [0.1, 0.15) is 34.3 Å². The zero-order valence-corrected chi connectivity index (χ0v) is 21.9. The fraction of sp³-hybridized carbons (Fsp3) is 0.464. The summed E-state index contributed by atoms with van der Waals surface area (Å²) in [5.41, 5.74) is -0.140. The molecule has 0 radical (unpaired) electrons. The Bertz CT molecular complexity index is 1400. The van der Waals surface area contributed by atoms with Crippen LogP contribution in [0.5, 0.6) is 23.0 Å². The van der Waals surface area contributed by atoms with Gasteiger partial charge >= 0.3 is 0 Å². The Balaban J connectivity index is 1.34. The van der Waals surface area contributed by atoms with Crippen LogP contribution in [0.4, 0.5) is 0 Å². The van der Waals surface area contributed by atoms with E-state index >= 15 is 0 Å². The van der Waals surface area contributed by atoms with Gasteiger partial charge in [-0.3, -0.25) is 4.79 Å². The van der Waals surface area contributed by atoms with Gasteiger partial charge in [-0.25, -0.2) is 0 Å². The first-order valence-corrected chi connectivity index (χ1v) is 12.9. The largest absolute Gasteiger partial charge is 0.507 e. The smallest absolute Gasteiger partial charge is 0.229 e. The molecule has 0 spiro atoms. The predicted octanol–water partition coefficient (Wildman–Crippen LogP) is 2.00. The molecule has 7 atom stereocenters. The fourth-order valence-electron chi connectivity index (χ4n) is 4.83. The van der Waals surface area contributed by atoms with Crippen molar-refractivity contribution in [1.82, 2.24) is 0 Å². The first kappa shape index (κ1) is 28.1. The molecular weight excluding hydrogens is 528 g/mol. The predicted molar refractivity (Wildman–Crippen MR) is 139 cm³/mol. The maximum Gasteiger partial charge on any atom is 0.229 e. The van der Waals surface area contributed by atoms with E-state index in [1.54, 1.807) is 13.0 Å². The maximum absolute atomic E-state index is 12.8. The Kier molecular flexibility index (Phi) is 8.17. The number of ether oxygens (including phenoxy) is 5. The van der Waals surface area contributed by atoms with Crippen molar-refractivity contribution in [2.24, 2.45) is 0 Å². The third-order valence-corrected chi connectivity index (χ3v) is 7.08. The van der Waals surface area contributed by atoms with Gasteiger partial charge in [0.05, 0.1) is 38.1 Å². The summed E-state index contributed by atoms with van der Waals surface area (Å²) in [6.45, 7) is 1.80. The van der Waals surface area contributed by atoms with Crippen LogP contribution in [0.1, 0.15) is 26.2 Å². The Morgan fingerprint density at radius 2 is 1.77 bits per heavy atom. The van der Waals surface area contributed by atoms with Crippen LogP contribution < -0.4 is 14.9 Å². The molecule has 12 heteroatoms. The molecule has 3 aromatic rings. The summed E-state index contributed by atoms with van der Waals surface area (Å²) in [6.07, 6.45) is -4.89. The van der Waals surface area contributed by atoms with Gasteiger partial charge < -0.3 is 53.6 Å². The molecular formula is C28H32O12. The third-order valence-electron chi connectivity index (χ3n) is 7.08. The van der Waals surface area contributed by atoms with Crippen LogP contribution in [0, 0.1) is 0 Å². The number of aromatic hydroxyl groups is 2. The molecule has 3 heterocycles. The molecule has 0 saturated carbocycles. The Labute approximate surface area is 228 Å². The average molecular weight is 561 g/mol. The second-order valence-corrected chi connectivity index (χ2v) is 9.96. The van der Waals surface area contributed by atoms with Crippen molar-refractivity contribution in [3.63, 3.8) is 0 Å². The molecule has 2 aliphatic rings. The Morgan fingerprint density at radius 1 is 0.975 bits per heavy atom. The molecule has 5 N–H and O–H groups in total. The van der Waals surface area contributed by atoms with Crippen LogP contribution in [-0.2, 0) is 14.2 Å². The van der Waals surface area contributed by atoms with Crippen molar-refractivity contribution in [3.05, 3.63) is 46.6 Å². The molecule has 0 amide bonds. The monoisotopic (exact) mass is 560 g/mol. The van der Waals surface area contributed by atoms with E-state index in [2.05, 4.69) is 0 Å². The number of hydrogen-bond donors (Lipinski definition) is 5. The number of phenols is 2. The van der Waals surface area contributed by atoms with Gasteiger partial charge in [0.15, 0.2) is 23.2 Å². The molecule has 0 bridgehead atoms. The lowest BCUT2D eigenvalue weighted by atomic mass is 10.0. The van der Waals surface area contributed by atoms with Crippen LogP contribution in [0.15, 0.2) is 45.6 Å². The number of benzene rings is 2. The lowest BCUT2D eigenvalue weighted by Crippen LogP contribution is -2.52. The van der Waals surface area contributed by atoms with Gasteiger partial charge in [0.2, 0.25) is 6.29 Å². The summed E-state index contributed by atoms with van der Waals surface area (Å²) in [4.78, 5) is 12.8. The van der Waals surface area contributed by atoms with Gasteiger partial charge in [-0.15, -0.1) is 0 Å². The molecule has 216 valence electrons. The number of hydrogen-bond acceptors (Lipinski definition) is 12. The summed E-state index contributed by atoms with van der Waals surface area (Å²) < 4.78 is 33.9. The Hall–Kier alpha value is -3.39. The highest BCUT2D eigenvalue weighted by molar-refractivity contribution is 5.86. The third kappa shape index (κ3) is 5.87. The number of phenolic OH excluding ortho intramolecular Hbond substituents is 2. The molecule has 12 nitrogen and oxygen atoms in total. The van der Waals surface area contributed by atoms with Crippen LogP contribution in [-0.4, -0.2) is 82.3 Å². The van der Waals surface area contributed by atoms with Crippen molar-refractivity contribution in [1.29, 1.82) is 0 Å². The van der Waals surface area contributed by atoms with E-state index in [0.29, 0.717) is 18.4 Å². The summed E-state index contributed by atoms with van der Waals surface area (Å²) >= 11 is 0. The van der Waals surface area contributed by atoms with Crippen LogP contribution in [0.3, 0.4) is 0 Å². The highest BCUT2D eigenvalue weighted by Gasteiger charge is 2.39. The molecule has 2 saturated heterocycles. The van der Waals surface area contributed by atoms with Crippen LogP contribution in [0.25, 0.3) is 22.3 Å². The quantitative estimate of drug-likeness (QED) is 0.284. The first-order chi connectivity index (χ1) is 19.1. The van der Waals surface area contributed by atoms with E-state index < -0.39 is 48.2 Å². The van der Waals surface area contributed by atoms with Crippen molar-refractivity contribution in [2.75, 3.05) is 13.7 Å². The van der Waals surface area contributed by atoms with Crippen molar-refractivity contribution in [3.8, 4) is 34.3 Å². The summed E-state index contributed by atoms with van der Waals surface area (Å²) in [7, 11) is 1.41. The van der Waals surface area contributed by atoms with E-state index in [0.717, 1.165) is 0 Å². The highest BCUT2D eigenvalue weighted by Crippen LogP contribution is 2.35. The molecule has 2 aliphatic heterocycles. The lowest BCUT2D eigenvalue weighted by Gasteiger charge is -2.38. The second-order valence-electron chi connectivity index (χ2n) is 9.96.